The standard InChI is InChI=1S/C32H28N4O6S2/c1-40-26-12-9-19(15-27(26)41-2)13-14-35-29(37)25-16-22(18-43)44-30(25)36(32(35)39)17-20-7-10-21(11-8-20)23-5-3-4-6-24(23)28-33-31(38)42-34-28/h3-12,15-16,43H,13-14,17-18H2,1-2H3,(H,33,34,38). The zero-order valence-electron chi connectivity index (χ0n) is 23.9. The first kappa shape index (κ1) is 29.3. The van der Waals surface area contributed by atoms with Gasteiger partial charge in [-0.2, -0.15) is 12.6 Å². The van der Waals surface area contributed by atoms with Crippen molar-refractivity contribution in [2.45, 2.75) is 25.3 Å². The van der Waals surface area contributed by atoms with E-state index in [1.54, 1.807) is 18.8 Å². The molecule has 0 aliphatic carbocycles. The number of fused-ring (bicyclic) bond motifs is 1. The minimum absolute atomic E-state index is 0.203. The lowest BCUT2D eigenvalue weighted by atomic mass is 9.98. The number of H-pyrrole nitrogens is 1. The molecule has 3 heterocycles. The van der Waals surface area contributed by atoms with Crippen molar-refractivity contribution in [3.8, 4) is 34.0 Å². The van der Waals surface area contributed by atoms with E-state index in [9.17, 15) is 14.4 Å². The summed E-state index contributed by atoms with van der Waals surface area (Å²) >= 11 is 5.81. The van der Waals surface area contributed by atoms with Gasteiger partial charge in [0.1, 0.15) is 4.83 Å². The molecule has 0 fully saturated rings. The van der Waals surface area contributed by atoms with Crippen molar-refractivity contribution in [3.63, 3.8) is 0 Å². The number of nitrogens with one attached hydrogen (secondary N) is 1. The van der Waals surface area contributed by atoms with E-state index in [-0.39, 0.29) is 24.3 Å². The van der Waals surface area contributed by atoms with Gasteiger partial charge in [-0.15, -0.1) is 11.3 Å². The Kier molecular flexibility index (Phi) is 8.27. The van der Waals surface area contributed by atoms with Crippen LogP contribution in [0.3, 0.4) is 0 Å². The SMILES string of the molecule is COc1ccc(CCn2c(=O)c3cc(CS)sc3n(Cc3ccc(-c4ccccc4-c4noc(=O)[nH]4)cc3)c2=O)cc1OC. The molecule has 0 spiro atoms. The van der Waals surface area contributed by atoms with E-state index < -0.39 is 5.76 Å². The molecule has 0 amide bonds. The summed E-state index contributed by atoms with van der Waals surface area (Å²) in [4.78, 5) is 43.1. The van der Waals surface area contributed by atoms with Crippen LogP contribution in [0.5, 0.6) is 11.5 Å². The van der Waals surface area contributed by atoms with Gasteiger partial charge in [-0.25, -0.2) is 9.59 Å². The lowest BCUT2D eigenvalue weighted by Crippen LogP contribution is -2.40. The summed E-state index contributed by atoms with van der Waals surface area (Å²) in [5, 5.41) is 4.33. The van der Waals surface area contributed by atoms with E-state index in [2.05, 4.69) is 22.8 Å². The van der Waals surface area contributed by atoms with E-state index in [1.165, 1.54) is 15.9 Å². The summed E-state index contributed by atoms with van der Waals surface area (Å²) in [5.41, 5.74) is 3.60. The molecule has 1 N–H and O–H groups in total. The Morgan fingerprint density at radius 1 is 0.886 bits per heavy atom. The minimum atomic E-state index is -0.623. The highest BCUT2D eigenvalue weighted by Gasteiger charge is 2.18. The normalized spacial score (nSPS) is 11.2. The van der Waals surface area contributed by atoms with E-state index in [0.717, 1.165) is 32.7 Å². The van der Waals surface area contributed by atoms with Gasteiger partial charge in [0, 0.05) is 22.7 Å². The molecule has 0 radical (unpaired) electrons. The van der Waals surface area contributed by atoms with E-state index in [1.807, 2.05) is 72.8 Å². The predicted molar refractivity (Wildman–Crippen MR) is 173 cm³/mol. The second-order valence-corrected chi connectivity index (χ2v) is 11.5. The maximum Gasteiger partial charge on any atom is 0.439 e. The maximum atomic E-state index is 13.9. The molecule has 10 nitrogen and oxygen atoms in total. The molecule has 0 saturated carbocycles. The van der Waals surface area contributed by atoms with Crippen LogP contribution in [0.2, 0.25) is 0 Å². The van der Waals surface area contributed by atoms with Gasteiger partial charge < -0.3 is 9.47 Å². The molecule has 3 aromatic carbocycles. The van der Waals surface area contributed by atoms with Crippen LogP contribution in [0.1, 0.15) is 16.0 Å². The molecule has 0 bridgehead atoms. The Balaban J connectivity index is 1.34. The van der Waals surface area contributed by atoms with E-state index in [0.29, 0.717) is 39.7 Å². The number of hydrogen-bond donors (Lipinski definition) is 2. The summed E-state index contributed by atoms with van der Waals surface area (Å²) < 4.78 is 18.4. The van der Waals surface area contributed by atoms with Gasteiger partial charge in [-0.3, -0.25) is 23.4 Å². The quantitative estimate of drug-likeness (QED) is 0.206. The number of nitrogens with zero attached hydrogens (tertiary/aromatic N) is 3. The molecule has 44 heavy (non-hydrogen) atoms. The van der Waals surface area contributed by atoms with Crippen molar-refractivity contribution in [2.24, 2.45) is 0 Å². The van der Waals surface area contributed by atoms with Gasteiger partial charge in [-0.05, 0) is 46.9 Å². The fourth-order valence-corrected chi connectivity index (χ4v) is 6.48. The van der Waals surface area contributed by atoms with Gasteiger partial charge >= 0.3 is 11.4 Å². The highest BCUT2D eigenvalue weighted by Crippen LogP contribution is 2.31. The fourth-order valence-electron chi connectivity index (χ4n) is 5.20. The van der Waals surface area contributed by atoms with Crippen LogP contribution in [-0.4, -0.2) is 33.5 Å². The molecule has 12 heteroatoms. The van der Waals surface area contributed by atoms with Crippen LogP contribution in [-0.2, 0) is 25.3 Å². The number of ether oxygens (including phenoxy) is 2. The van der Waals surface area contributed by atoms with Crippen molar-refractivity contribution < 1.29 is 14.0 Å². The molecule has 6 aromatic rings. The van der Waals surface area contributed by atoms with Crippen LogP contribution >= 0.6 is 24.0 Å². The van der Waals surface area contributed by atoms with Crippen LogP contribution in [0, 0.1) is 0 Å². The van der Waals surface area contributed by atoms with E-state index >= 15 is 0 Å². The molecule has 0 aliphatic heterocycles. The smallest absolute Gasteiger partial charge is 0.439 e. The Bertz CT molecular complexity index is 2140. The van der Waals surface area contributed by atoms with Crippen molar-refractivity contribution in [1.29, 1.82) is 0 Å². The van der Waals surface area contributed by atoms with Crippen LogP contribution in [0.4, 0.5) is 0 Å². The molecule has 6 rings (SSSR count). The lowest BCUT2D eigenvalue weighted by Gasteiger charge is -2.14. The second kappa shape index (κ2) is 12.4. The Hall–Kier alpha value is -4.81. The third kappa shape index (κ3) is 5.61. The molecule has 0 aliphatic rings. The Morgan fingerprint density at radius 3 is 2.30 bits per heavy atom. The van der Waals surface area contributed by atoms with Crippen LogP contribution in [0.25, 0.3) is 32.7 Å². The zero-order chi connectivity index (χ0) is 30.8. The maximum absolute atomic E-state index is 13.9. The van der Waals surface area contributed by atoms with Crippen LogP contribution in [0.15, 0.2) is 91.7 Å². The molecular weight excluding hydrogens is 601 g/mol. The molecule has 3 aromatic heterocycles. The first-order valence-electron chi connectivity index (χ1n) is 13.7. The topological polar surface area (TPSA) is 121 Å². The fraction of sp³-hybridized carbons (Fsp3) is 0.188. The number of rotatable bonds is 10. The first-order valence-corrected chi connectivity index (χ1v) is 15.2. The first-order chi connectivity index (χ1) is 21.4. The zero-order valence-corrected chi connectivity index (χ0v) is 25.6. The molecule has 0 atom stereocenters. The Labute approximate surface area is 260 Å². The number of benzene rings is 3. The van der Waals surface area contributed by atoms with Gasteiger partial charge in [-0.1, -0.05) is 59.8 Å². The number of hydrogen-bond acceptors (Lipinski definition) is 9. The monoisotopic (exact) mass is 628 g/mol. The summed E-state index contributed by atoms with van der Waals surface area (Å²) in [7, 11) is 3.14. The number of aromatic amines is 1. The lowest BCUT2D eigenvalue weighted by molar-refractivity contribution is 0.354. The van der Waals surface area contributed by atoms with Crippen molar-refractivity contribution >= 4 is 34.2 Å². The third-order valence-electron chi connectivity index (χ3n) is 7.40. The Morgan fingerprint density at radius 2 is 1.61 bits per heavy atom. The number of methoxy groups -OCH3 is 2. The summed E-state index contributed by atoms with van der Waals surface area (Å²) in [6.07, 6.45) is 0.454. The predicted octanol–water partition coefficient (Wildman–Crippen LogP) is 4.97. The number of aryl methyl sites for hydroxylation is 1. The number of aromatic nitrogens is 4. The summed E-state index contributed by atoms with van der Waals surface area (Å²) in [6.45, 7) is 0.478. The van der Waals surface area contributed by atoms with Gasteiger partial charge in [0.15, 0.2) is 17.3 Å². The molecular formula is C32H28N4O6S2. The number of thiol groups is 1. The largest absolute Gasteiger partial charge is 0.493 e. The average molecular weight is 629 g/mol. The average Bonchev–Trinajstić information content (AvgIpc) is 3.70. The van der Waals surface area contributed by atoms with Crippen LogP contribution < -0.4 is 26.5 Å². The van der Waals surface area contributed by atoms with Gasteiger partial charge in [0.25, 0.3) is 5.56 Å². The highest BCUT2D eigenvalue weighted by atomic mass is 32.1. The highest BCUT2D eigenvalue weighted by molar-refractivity contribution is 7.79. The summed E-state index contributed by atoms with van der Waals surface area (Å²) in [5.74, 6) is 1.38. The number of thiophene rings is 1. The minimum Gasteiger partial charge on any atom is -0.493 e. The van der Waals surface area contributed by atoms with Crippen molar-refractivity contribution in [3.05, 3.63) is 120 Å². The second-order valence-electron chi connectivity index (χ2n) is 10.0. The van der Waals surface area contributed by atoms with Crippen molar-refractivity contribution in [1.82, 2.24) is 19.3 Å². The molecule has 0 saturated heterocycles. The van der Waals surface area contributed by atoms with Gasteiger partial charge in [0.05, 0.1) is 26.2 Å². The van der Waals surface area contributed by atoms with Crippen molar-refractivity contribution in [2.75, 3.05) is 14.2 Å². The molecule has 224 valence electrons. The molecule has 0 unspecified atom stereocenters. The summed E-state index contributed by atoms with van der Waals surface area (Å²) in [6, 6.07) is 22.7. The third-order valence-corrected chi connectivity index (χ3v) is 9.11. The van der Waals surface area contributed by atoms with E-state index in [4.69, 9.17) is 14.0 Å². The van der Waals surface area contributed by atoms with Gasteiger partial charge in [0.2, 0.25) is 0 Å².